The quantitative estimate of drug-likeness (QED) is 0.805. The van der Waals surface area contributed by atoms with E-state index in [-0.39, 0.29) is 5.91 Å². The van der Waals surface area contributed by atoms with Gasteiger partial charge in [0.1, 0.15) is 5.69 Å². The number of rotatable bonds is 3. The summed E-state index contributed by atoms with van der Waals surface area (Å²) in [7, 11) is 1.81. The molecule has 80 valence electrons. The van der Waals surface area contributed by atoms with E-state index in [0.717, 1.165) is 6.54 Å². The molecule has 2 N–H and O–H groups in total. The number of carbonyl (C=O) groups excluding carboxylic acids is 1. The summed E-state index contributed by atoms with van der Waals surface area (Å²) in [6.45, 7) is 0.829. The van der Waals surface area contributed by atoms with Crippen molar-refractivity contribution in [2.24, 2.45) is 5.92 Å². The first-order chi connectivity index (χ1) is 7.16. The first-order valence-electron chi connectivity index (χ1n) is 5.14. The highest BCUT2D eigenvalue weighted by atomic mass is 16.2. The smallest absolute Gasteiger partial charge is 0.272 e. The van der Waals surface area contributed by atoms with Crippen molar-refractivity contribution in [3.05, 3.63) is 24.0 Å². The predicted octanol–water partition coefficient (Wildman–Crippen LogP) is 1.15. The number of nitrogens with two attached hydrogens (primary N) is 1. The third kappa shape index (κ3) is 2.46. The van der Waals surface area contributed by atoms with Crippen LogP contribution in [0.1, 0.15) is 23.3 Å². The van der Waals surface area contributed by atoms with Crippen molar-refractivity contribution in [2.75, 3.05) is 19.3 Å². The van der Waals surface area contributed by atoms with Crippen LogP contribution in [-0.2, 0) is 0 Å². The molecule has 0 atom stereocenters. The molecular formula is C11H15N3O. The average molecular weight is 205 g/mol. The number of hydrogen-bond acceptors (Lipinski definition) is 3. The van der Waals surface area contributed by atoms with E-state index in [1.807, 2.05) is 7.05 Å². The molecule has 2 rings (SSSR count). The van der Waals surface area contributed by atoms with E-state index in [1.165, 1.54) is 12.8 Å². The lowest BCUT2D eigenvalue weighted by Gasteiger charge is -2.16. The minimum atomic E-state index is -0.0470. The Balaban J connectivity index is 2.05. The Labute approximate surface area is 89.1 Å². The fraction of sp³-hybridized carbons (Fsp3) is 0.455. The Morgan fingerprint density at radius 1 is 1.67 bits per heavy atom. The largest absolute Gasteiger partial charge is 0.399 e. The molecule has 1 aliphatic rings. The Morgan fingerprint density at radius 3 is 3.00 bits per heavy atom. The summed E-state index contributed by atoms with van der Waals surface area (Å²) >= 11 is 0. The third-order valence-electron chi connectivity index (χ3n) is 2.58. The molecule has 1 amide bonds. The van der Waals surface area contributed by atoms with Crippen LogP contribution in [-0.4, -0.2) is 29.4 Å². The molecule has 1 fully saturated rings. The molecule has 0 spiro atoms. The zero-order valence-electron chi connectivity index (χ0n) is 8.81. The van der Waals surface area contributed by atoms with E-state index >= 15 is 0 Å². The molecule has 1 saturated carbocycles. The molecule has 0 saturated heterocycles. The van der Waals surface area contributed by atoms with Gasteiger partial charge in [-0.3, -0.25) is 9.78 Å². The van der Waals surface area contributed by atoms with Gasteiger partial charge in [-0.25, -0.2) is 0 Å². The topological polar surface area (TPSA) is 59.2 Å². The molecule has 0 unspecified atom stereocenters. The second-order valence-electron chi connectivity index (χ2n) is 4.10. The lowest BCUT2D eigenvalue weighted by molar-refractivity contribution is 0.0783. The maximum Gasteiger partial charge on any atom is 0.272 e. The highest BCUT2D eigenvalue weighted by Crippen LogP contribution is 2.29. The second-order valence-corrected chi connectivity index (χ2v) is 4.10. The van der Waals surface area contributed by atoms with Crippen molar-refractivity contribution < 1.29 is 4.79 Å². The van der Waals surface area contributed by atoms with Crippen LogP contribution in [0.4, 0.5) is 5.69 Å². The Hall–Kier alpha value is -1.58. The van der Waals surface area contributed by atoms with Gasteiger partial charge in [0, 0.05) is 25.5 Å². The van der Waals surface area contributed by atoms with Crippen molar-refractivity contribution in [2.45, 2.75) is 12.8 Å². The molecular weight excluding hydrogens is 190 g/mol. The summed E-state index contributed by atoms with van der Waals surface area (Å²) in [5.74, 6) is 0.647. The molecule has 4 nitrogen and oxygen atoms in total. The molecule has 0 aromatic carbocycles. The van der Waals surface area contributed by atoms with Gasteiger partial charge >= 0.3 is 0 Å². The number of pyridine rings is 1. The molecule has 1 aromatic rings. The number of hydrogen-bond donors (Lipinski definition) is 1. The van der Waals surface area contributed by atoms with Crippen molar-refractivity contribution >= 4 is 11.6 Å². The number of aromatic nitrogens is 1. The van der Waals surface area contributed by atoms with Crippen LogP contribution in [0.25, 0.3) is 0 Å². The fourth-order valence-corrected chi connectivity index (χ4v) is 1.53. The summed E-state index contributed by atoms with van der Waals surface area (Å²) in [5, 5.41) is 0. The first kappa shape index (κ1) is 9.96. The number of nitrogen functional groups attached to an aromatic ring is 1. The van der Waals surface area contributed by atoms with Gasteiger partial charge in [-0.05, 0) is 30.9 Å². The highest BCUT2D eigenvalue weighted by molar-refractivity contribution is 5.92. The van der Waals surface area contributed by atoms with Crippen LogP contribution in [0.3, 0.4) is 0 Å². The van der Waals surface area contributed by atoms with Gasteiger partial charge in [-0.2, -0.15) is 0 Å². The summed E-state index contributed by atoms with van der Waals surface area (Å²) in [6.07, 6.45) is 4.04. The predicted molar refractivity (Wildman–Crippen MR) is 58.3 cm³/mol. The van der Waals surface area contributed by atoms with Crippen molar-refractivity contribution in [1.82, 2.24) is 9.88 Å². The van der Waals surface area contributed by atoms with Crippen LogP contribution >= 0.6 is 0 Å². The van der Waals surface area contributed by atoms with Crippen LogP contribution in [0.15, 0.2) is 18.3 Å². The van der Waals surface area contributed by atoms with Gasteiger partial charge in [0.05, 0.1) is 0 Å². The standard InChI is InChI=1S/C11H15N3O/c1-14(7-8-2-3-8)11(15)10-6-9(12)4-5-13-10/h4-6,8H,2-3,7H2,1H3,(H2,12,13). The maximum absolute atomic E-state index is 11.9. The van der Waals surface area contributed by atoms with E-state index in [2.05, 4.69) is 4.98 Å². The van der Waals surface area contributed by atoms with Gasteiger partial charge < -0.3 is 10.6 Å². The Bertz CT molecular complexity index is 374. The minimum Gasteiger partial charge on any atom is -0.399 e. The SMILES string of the molecule is CN(CC1CC1)C(=O)c1cc(N)ccn1. The molecule has 1 aliphatic carbocycles. The Morgan fingerprint density at radius 2 is 2.40 bits per heavy atom. The number of nitrogens with zero attached hydrogens (tertiary/aromatic N) is 2. The van der Waals surface area contributed by atoms with Crippen molar-refractivity contribution in [3.63, 3.8) is 0 Å². The number of anilines is 1. The molecule has 4 heteroatoms. The van der Waals surface area contributed by atoms with E-state index in [9.17, 15) is 4.79 Å². The number of amides is 1. The molecule has 0 aliphatic heterocycles. The second kappa shape index (κ2) is 3.88. The first-order valence-corrected chi connectivity index (χ1v) is 5.14. The molecule has 1 aromatic heterocycles. The molecule has 0 radical (unpaired) electrons. The highest BCUT2D eigenvalue weighted by Gasteiger charge is 2.25. The zero-order chi connectivity index (χ0) is 10.8. The van der Waals surface area contributed by atoms with E-state index < -0.39 is 0 Å². The molecule has 1 heterocycles. The maximum atomic E-state index is 11.9. The van der Waals surface area contributed by atoms with E-state index in [1.54, 1.807) is 23.2 Å². The van der Waals surface area contributed by atoms with Gasteiger partial charge in [0.2, 0.25) is 0 Å². The summed E-state index contributed by atoms with van der Waals surface area (Å²) in [6, 6.07) is 3.30. The number of carbonyl (C=O) groups is 1. The monoisotopic (exact) mass is 205 g/mol. The van der Waals surface area contributed by atoms with Gasteiger partial charge in [0.25, 0.3) is 5.91 Å². The third-order valence-corrected chi connectivity index (χ3v) is 2.58. The van der Waals surface area contributed by atoms with Crippen LogP contribution < -0.4 is 5.73 Å². The summed E-state index contributed by atoms with van der Waals surface area (Å²) in [5.41, 5.74) is 6.61. The van der Waals surface area contributed by atoms with Gasteiger partial charge in [0.15, 0.2) is 0 Å². The van der Waals surface area contributed by atoms with E-state index in [0.29, 0.717) is 17.3 Å². The average Bonchev–Trinajstić information content (AvgIpc) is 3.00. The summed E-state index contributed by atoms with van der Waals surface area (Å²) < 4.78 is 0. The minimum absolute atomic E-state index is 0.0470. The fourth-order valence-electron chi connectivity index (χ4n) is 1.53. The van der Waals surface area contributed by atoms with Crippen LogP contribution in [0.5, 0.6) is 0 Å². The zero-order valence-corrected chi connectivity index (χ0v) is 8.81. The van der Waals surface area contributed by atoms with Crippen LogP contribution in [0.2, 0.25) is 0 Å². The van der Waals surface area contributed by atoms with E-state index in [4.69, 9.17) is 5.73 Å². The normalized spacial score (nSPS) is 15.0. The van der Waals surface area contributed by atoms with Crippen molar-refractivity contribution in [3.8, 4) is 0 Å². The Kier molecular flexibility index (Phi) is 2.58. The lowest BCUT2D eigenvalue weighted by atomic mass is 10.3. The van der Waals surface area contributed by atoms with Gasteiger partial charge in [-0.15, -0.1) is 0 Å². The molecule has 15 heavy (non-hydrogen) atoms. The van der Waals surface area contributed by atoms with Crippen molar-refractivity contribution in [1.29, 1.82) is 0 Å². The summed E-state index contributed by atoms with van der Waals surface area (Å²) in [4.78, 5) is 17.6. The molecule has 0 bridgehead atoms. The van der Waals surface area contributed by atoms with Gasteiger partial charge in [-0.1, -0.05) is 0 Å². The van der Waals surface area contributed by atoms with Crippen LogP contribution in [0, 0.1) is 5.92 Å². The lowest BCUT2D eigenvalue weighted by Crippen LogP contribution is -2.29.